The molecule has 4 heteroatoms. The van der Waals surface area contributed by atoms with Crippen LogP contribution in [0.15, 0.2) is 28.7 Å². The van der Waals surface area contributed by atoms with E-state index in [1.165, 1.54) is 6.08 Å². The first-order valence-electron chi connectivity index (χ1n) is 4.49. The number of halogens is 3. The smallest absolute Gasteiger partial charge is 0.184 e. The van der Waals surface area contributed by atoms with Gasteiger partial charge in [-0.1, -0.05) is 22.0 Å². The Kier molecular flexibility index (Phi) is 2.78. The van der Waals surface area contributed by atoms with Gasteiger partial charge < -0.3 is 4.74 Å². The highest BCUT2D eigenvalue weighted by atomic mass is 79.9. The maximum absolute atomic E-state index is 12.7. The third-order valence-corrected chi connectivity index (χ3v) is 2.80. The van der Waals surface area contributed by atoms with Crippen LogP contribution in [0.3, 0.4) is 0 Å². The molecule has 80 valence electrons. The van der Waals surface area contributed by atoms with Crippen molar-refractivity contribution in [3.8, 4) is 5.75 Å². The fraction of sp³-hybridized carbons (Fsp3) is 0.273. The Morgan fingerprint density at radius 1 is 1.27 bits per heavy atom. The molecule has 15 heavy (non-hydrogen) atoms. The Balaban J connectivity index is 2.39. The van der Waals surface area contributed by atoms with Gasteiger partial charge in [0, 0.05) is 10.0 Å². The predicted molar refractivity (Wildman–Crippen MR) is 58.5 cm³/mol. The van der Waals surface area contributed by atoms with Gasteiger partial charge in [0.25, 0.3) is 0 Å². The molecule has 0 unspecified atom stereocenters. The second kappa shape index (κ2) is 3.93. The number of rotatable bonds is 2. The quantitative estimate of drug-likeness (QED) is 0.802. The van der Waals surface area contributed by atoms with Crippen LogP contribution in [-0.4, -0.2) is 19.0 Å². The van der Waals surface area contributed by atoms with E-state index in [4.69, 9.17) is 4.74 Å². The number of alkyl halides is 2. The van der Waals surface area contributed by atoms with E-state index in [1.807, 2.05) is 6.07 Å². The van der Waals surface area contributed by atoms with Gasteiger partial charge in [-0.05, 0) is 24.3 Å². The topological polar surface area (TPSA) is 9.23 Å². The SMILES string of the molecule is FCC1(CF)C=Cc2cc(Br)ccc2O1. The van der Waals surface area contributed by atoms with Crippen molar-refractivity contribution in [1.82, 2.24) is 0 Å². The molecule has 1 aromatic rings. The fourth-order valence-corrected chi connectivity index (χ4v) is 1.80. The van der Waals surface area contributed by atoms with Gasteiger partial charge in [0.05, 0.1) is 0 Å². The molecule has 0 atom stereocenters. The van der Waals surface area contributed by atoms with E-state index < -0.39 is 19.0 Å². The lowest BCUT2D eigenvalue weighted by atomic mass is 10.0. The molecule has 0 saturated heterocycles. The van der Waals surface area contributed by atoms with Crippen molar-refractivity contribution >= 4 is 22.0 Å². The molecule has 0 aromatic heterocycles. The van der Waals surface area contributed by atoms with Gasteiger partial charge in [-0.25, -0.2) is 8.78 Å². The normalized spacial score (nSPS) is 17.0. The minimum Gasteiger partial charge on any atom is -0.477 e. The van der Waals surface area contributed by atoms with Crippen LogP contribution in [0.5, 0.6) is 5.75 Å². The average Bonchev–Trinajstić information content (AvgIpc) is 2.28. The van der Waals surface area contributed by atoms with Crippen LogP contribution < -0.4 is 4.74 Å². The summed E-state index contributed by atoms with van der Waals surface area (Å²) < 4.78 is 31.6. The first-order chi connectivity index (χ1) is 7.19. The molecule has 0 radical (unpaired) electrons. The highest BCUT2D eigenvalue weighted by molar-refractivity contribution is 9.10. The number of hydrogen-bond acceptors (Lipinski definition) is 1. The fourth-order valence-electron chi connectivity index (χ4n) is 1.42. The molecule has 2 rings (SSSR count). The second-order valence-electron chi connectivity index (χ2n) is 3.45. The van der Waals surface area contributed by atoms with Crippen molar-refractivity contribution in [2.45, 2.75) is 5.60 Å². The molecule has 1 nitrogen and oxygen atoms in total. The largest absolute Gasteiger partial charge is 0.477 e. The van der Waals surface area contributed by atoms with Gasteiger partial charge in [-0.15, -0.1) is 0 Å². The second-order valence-corrected chi connectivity index (χ2v) is 4.37. The molecule has 0 bridgehead atoms. The highest BCUT2D eigenvalue weighted by Gasteiger charge is 2.33. The summed E-state index contributed by atoms with van der Waals surface area (Å²) in [5.41, 5.74) is -0.609. The van der Waals surface area contributed by atoms with Crippen LogP contribution in [0, 0.1) is 0 Å². The van der Waals surface area contributed by atoms with E-state index in [-0.39, 0.29) is 0 Å². The van der Waals surface area contributed by atoms with Crippen LogP contribution in [-0.2, 0) is 0 Å². The molecule has 0 N–H and O–H groups in total. The highest BCUT2D eigenvalue weighted by Crippen LogP contribution is 2.33. The van der Waals surface area contributed by atoms with Crippen LogP contribution in [0.4, 0.5) is 8.78 Å². The van der Waals surface area contributed by atoms with Gasteiger partial charge in [0.15, 0.2) is 5.60 Å². The van der Waals surface area contributed by atoms with Crippen molar-refractivity contribution < 1.29 is 13.5 Å². The number of benzene rings is 1. The van der Waals surface area contributed by atoms with Gasteiger partial charge in [-0.2, -0.15) is 0 Å². The third-order valence-electron chi connectivity index (χ3n) is 2.30. The molecular weight excluding hydrogens is 266 g/mol. The van der Waals surface area contributed by atoms with E-state index in [0.717, 1.165) is 10.0 Å². The zero-order valence-electron chi connectivity index (χ0n) is 7.84. The van der Waals surface area contributed by atoms with Crippen molar-refractivity contribution in [1.29, 1.82) is 0 Å². The summed E-state index contributed by atoms with van der Waals surface area (Å²) in [4.78, 5) is 0. The van der Waals surface area contributed by atoms with Gasteiger partial charge in [-0.3, -0.25) is 0 Å². The number of ether oxygens (including phenoxy) is 1. The van der Waals surface area contributed by atoms with Crippen LogP contribution in [0.1, 0.15) is 5.56 Å². The number of hydrogen-bond donors (Lipinski definition) is 0. The standard InChI is InChI=1S/C11H9BrF2O/c12-9-1-2-10-8(5-9)3-4-11(6-13,7-14)15-10/h1-5H,6-7H2. The monoisotopic (exact) mass is 274 g/mol. The molecule has 1 aliphatic rings. The third kappa shape index (κ3) is 1.91. The summed E-state index contributed by atoms with van der Waals surface area (Å²) >= 11 is 3.32. The molecule has 0 fully saturated rings. The summed E-state index contributed by atoms with van der Waals surface area (Å²) in [5.74, 6) is 0.510. The Hall–Kier alpha value is -0.900. The minimum absolute atomic E-state index is 0.510. The minimum atomic E-state index is -1.43. The summed E-state index contributed by atoms with van der Waals surface area (Å²) in [6, 6.07) is 5.31. The molecule has 0 aliphatic carbocycles. The lowest BCUT2D eigenvalue weighted by Gasteiger charge is -2.30. The van der Waals surface area contributed by atoms with Crippen molar-refractivity contribution in [2.24, 2.45) is 0 Å². The molecule has 0 spiro atoms. The predicted octanol–water partition coefficient (Wildman–Crippen LogP) is 3.53. The van der Waals surface area contributed by atoms with E-state index in [9.17, 15) is 8.78 Å². The molecule has 1 aromatic carbocycles. The first-order valence-corrected chi connectivity index (χ1v) is 5.28. The summed E-state index contributed by atoms with van der Waals surface area (Å²) in [6.45, 7) is -1.73. The average molecular weight is 275 g/mol. The van der Waals surface area contributed by atoms with E-state index in [1.54, 1.807) is 18.2 Å². The zero-order chi connectivity index (χ0) is 10.9. The van der Waals surface area contributed by atoms with Crippen molar-refractivity contribution in [3.63, 3.8) is 0 Å². The van der Waals surface area contributed by atoms with E-state index in [2.05, 4.69) is 15.9 Å². The van der Waals surface area contributed by atoms with Crippen LogP contribution >= 0.6 is 15.9 Å². The zero-order valence-corrected chi connectivity index (χ0v) is 9.43. The lowest BCUT2D eigenvalue weighted by molar-refractivity contribution is 0.0599. The van der Waals surface area contributed by atoms with Crippen LogP contribution in [0.25, 0.3) is 6.08 Å². The lowest BCUT2D eigenvalue weighted by Crippen LogP contribution is -2.40. The van der Waals surface area contributed by atoms with Gasteiger partial charge in [0.1, 0.15) is 19.1 Å². The molecule has 0 saturated carbocycles. The maximum Gasteiger partial charge on any atom is 0.184 e. The Labute approximate surface area is 94.9 Å². The van der Waals surface area contributed by atoms with E-state index >= 15 is 0 Å². The van der Waals surface area contributed by atoms with Crippen molar-refractivity contribution in [2.75, 3.05) is 13.3 Å². The Morgan fingerprint density at radius 3 is 2.67 bits per heavy atom. The first kappa shape index (κ1) is 10.6. The summed E-state index contributed by atoms with van der Waals surface area (Å²) in [5, 5.41) is 0. The number of fused-ring (bicyclic) bond motifs is 1. The maximum atomic E-state index is 12.7. The molecule has 0 amide bonds. The molecule has 1 aliphatic heterocycles. The molecular formula is C11H9BrF2O. The van der Waals surface area contributed by atoms with Gasteiger partial charge in [0.2, 0.25) is 0 Å². The Morgan fingerprint density at radius 2 is 2.00 bits per heavy atom. The Bertz CT molecular complexity index is 400. The van der Waals surface area contributed by atoms with Crippen LogP contribution in [0.2, 0.25) is 0 Å². The van der Waals surface area contributed by atoms with Crippen molar-refractivity contribution in [3.05, 3.63) is 34.3 Å². The summed E-state index contributed by atoms with van der Waals surface area (Å²) in [7, 11) is 0. The van der Waals surface area contributed by atoms with Gasteiger partial charge >= 0.3 is 0 Å². The van der Waals surface area contributed by atoms with E-state index in [0.29, 0.717) is 5.75 Å². The summed E-state index contributed by atoms with van der Waals surface area (Å²) in [6.07, 6.45) is 3.12. The molecule has 1 heterocycles.